The summed E-state index contributed by atoms with van der Waals surface area (Å²) in [6.45, 7) is 0. The molecule has 0 saturated carbocycles. The second-order valence-electron chi connectivity index (χ2n) is 7.50. The molecular formula is C25H18Cl2N2O2S. The van der Waals surface area contributed by atoms with E-state index in [0.29, 0.717) is 28.0 Å². The van der Waals surface area contributed by atoms with E-state index in [2.05, 4.69) is 10.3 Å². The Morgan fingerprint density at radius 3 is 2.38 bits per heavy atom. The van der Waals surface area contributed by atoms with Gasteiger partial charge in [-0.1, -0.05) is 71.7 Å². The molecule has 0 spiro atoms. The van der Waals surface area contributed by atoms with Crippen LogP contribution in [0.15, 0.2) is 72.9 Å². The predicted molar refractivity (Wildman–Crippen MR) is 129 cm³/mol. The summed E-state index contributed by atoms with van der Waals surface area (Å²) in [6.07, 6.45) is 2.66. The number of fused-ring (bicyclic) bond motifs is 2. The van der Waals surface area contributed by atoms with E-state index in [1.165, 1.54) is 11.3 Å². The molecular weight excluding hydrogens is 463 g/mol. The normalized spacial score (nSPS) is 12.6. The van der Waals surface area contributed by atoms with Crippen molar-refractivity contribution >= 4 is 45.6 Å². The van der Waals surface area contributed by atoms with Crippen molar-refractivity contribution < 1.29 is 9.53 Å². The van der Waals surface area contributed by atoms with Gasteiger partial charge in [0.2, 0.25) is 5.91 Å². The fourth-order valence-electron chi connectivity index (χ4n) is 3.90. The quantitative estimate of drug-likeness (QED) is 0.325. The van der Waals surface area contributed by atoms with Crippen molar-refractivity contribution in [3.8, 4) is 11.5 Å². The average molecular weight is 481 g/mol. The number of amides is 1. The second-order valence-corrected chi connectivity index (χ2v) is 9.40. The first-order valence-corrected chi connectivity index (χ1v) is 11.7. The first-order valence-electron chi connectivity index (χ1n) is 10.1. The number of thiazole rings is 1. The van der Waals surface area contributed by atoms with Crippen LogP contribution in [0.25, 0.3) is 0 Å². The zero-order valence-electron chi connectivity index (χ0n) is 16.8. The lowest BCUT2D eigenvalue weighted by Crippen LogP contribution is -2.19. The van der Waals surface area contributed by atoms with Crippen LogP contribution >= 0.6 is 34.5 Å². The van der Waals surface area contributed by atoms with E-state index in [0.717, 1.165) is 33.1 Å². The number of hydrogen-bond donors (Lipinski definition) is 1. The van der Waals surface area contributed by atoms with Crippen molar-refractivity contribution in [3.63, 3.8) is 0 Å². The fraction of sp³-hybridized carbons (Fsp3) is 0.120. The van der Waals surface area contributed by atoms with Gasteiger partial charge in [0, 0.05) is 41.0 Å². The molecule has 1 aromatic heterocycles. The summed E-state index contributed by atoms with van der Waals surface area (Å²) < 4.78 is 6.02. The topological polar surface area (TPSA) is 51.2 Å². The number of benzene rings is 3. The van der Waals surface area contributed by atoms with Crippen molar-refractivity contribution in [2.45, 2.75) is 18.8 Å². The van der Waals surface area contributed by atoms with Crippen LogP contribution in [0.2, 0.25) is 10.0 Å². The number of aromatic nitrogens is 1. The Kier molecular flexibility index (Phi) is 5.87. The highest BCUT2D eigenvalue weighted by atomic mass is 35.5. The van der Waals surface area contributed by atoms with Gasteiger partial charge in [-0.15, -0.1) is 11.3 Å². The standard InChI is InChI=1S/C25H18Cl2N2O2S/c26-20-9-5-6-15(24(20)27)12-16-14-28-25(32-16)29-23(30)13-19-17-7-1-3-10-21(17)31-22-11-4-2-8-18(19)22/h1-11,14,19H,12-13H2,(H,28,29,30). The molecule has 0 bridgehead atoms. The van der Waals surface area contributed by atoms with Crippen molar-refractivity contribution in [3.05, 3.63) is 105 Å². The number of anilines is 1. The largest absolute Gasteiger partial charge is 0.457 e. The highest BCUT2D eigenvalue weighted by Crippen LogP contribution is 2.45. The molecule has 0 atom stereocenters. The third-order valence-corrected chi connectivity index (χ3v) is 7.17. The number of ether oxygens (including phenoxy) is 1. The molecule has 5 rings (SSSR count). The van der Waals surface area contributed by atoms with Crippen LogP contribution < -0.4 is 10.1 Å². The molecule has 0 saturated heterocycles. The predicted octanol–water partition coefficient (Wildman–Crippen LogP) is 7.31. The van der Waals surface area contributed by atoms with Gasteiger partial charge in [-0.25, -0.2) is 4.98 Å². The van der Waals surface area contributed by atoms with Gasteiger partial charge >= 0.3 is 0 Å². The Labute approximate surface area is 199 Å². The lowest BCUT2D eigenvalue weighted by atomic mass is 9.85. The van der Waals surface area contributed by atoms with Gasteiger partial charge in [0.15, 0.2) is 5.13 Å². The molecule has 7 heteroatoms. The first kappa shape index (κ1) is 21.0. The molecule has 4 aromatic rings. The van der Waals surface area contributed by atoms with E-state index < -0.39 is 0 Å². The molecule has 1 N–H and O–H groups in total. The summed E-state index contributed by atoms with van der Waals surface area (Å²) >= 11 is 13.8. The molecule has 2 heterocycles. The molecule has 32 heavy (non-hydrogen) atoms. The van der Waals surface area contributed by atoms with E-state index in [-0.39, 0.29) is 11.8 Å². The third kappa shape index (κ3) is 4.24. The molecule has 1 aliphatic heterocycles. The van der Waals surface area contributed by atoms with Crippen LogP contribution in [0.4, 0.5) is 5.13 Å². The second kappa shape index (κ2) is 8.94. The zero-order valence-corrected chi connectivity index (χ0v) is 19.2. The van der Waals surface area contributed by atoms with Crippen molar-refractivity contribution in [2.24, 2.45) is 0 Å². The molecule has 1 amide bonds. The molecule has 3 aromatic carbocycles. The smallest absolute Gasteiger partial charge is 0.227 e. The monoisotopic (exact) mass is 480 g/mol. The Bertz CT molecular complexity index is 1260. The van der Waals surface area contributed by atoms with Crippen molar-refractivity contribution in [1.29, 1.82) is 0 Å². The van der Waals surface area contributed by atoms with Crippen LogP contribution in [-0.4, -0.2) is 10.9 Å². The highest BCUT2D eigenvalue weighted by molar-refractivity contribution is 7.15. The van der Waals surface area contributed by atoms with Gasteiger partial charge in [-0.05, 0) is 23.8 Å². The van der Waals surface area contributed by atoms with E-state index in [1.54, 1.807) is 12.3 Å². The Balaban J connectivity index is 1.32. The lowest BCUT2D eigenvalue weighted by Gasteiger charge is -2.27. The lowest BCUT2D eigenvalue weighted by molar-refractivity contribution is -0.116. The third-order valence-electron chi connectivity index (χ3n) is 5.39. The number of hydrogen-bond acceptors (Lipinski definition) is 4. The van der Waals surface area contributed by atoms with E-state index in [1.807, 2.05) is 60.7 Å². The molecule has 0 unspecified atom stereocenters. The Hall–Kier alpha value is -2.86. The maximum atomic E-state index is 12.9. The highest BCUT2D eigenvalue weighted by Gasteiger charge is 2.28. The number of rotatable bonds is 5. The van der Waals surface area contributed by atoms with Crippen LogP contribution in [0, 0.1) is 0 Å². The maximum absolute atomic E-state index is 12.9. The van der Waals surface area contributed by atoms with E-state index in [4.69, 9.17) is 27.9 Å². The number of nitrogens with one attached hydrogen (secondary N) is 1. The Morgan fingerprint density at radius 2 is 1.66 bits per heavy atom. The summed E-state index contributed by atoms with van der Waals surface area (Å²) in [5.41, 5.74) is 2.95. The van der Waals surface area contributed by atoms with Crippen LogP contribution in [0.5, 0.6) is 11.5 Å². The van der Waals surface area contributed by atoms with Gasteiger partial charge in [-0.2, -0.15) is 0 Å². The minimum atomic E-state index is -0.0943. The molecule has 1 aliphatic rings. The number of nitrogens with zero attached hydrogens (tertiary/aromatic N) is 1. The van der Waals surface area contributed by atoms with Crippen LogP contribution in [0.3, 0.4) is 0 Å². The number of halogens is 2. The van der Waals surface area contributed by atoms with Gasteiger partial charge in [0.05, 0.1) is 10.0 Å². The summed E-state index contributed by atoms with van der Waals surface area (Å²) in [4.78, 5) is 18.3. The molecule has 0 fully saturated rings. The van der Waals surface area contributed by atoms with E-state index in [9.17, 15) is 4.79 Å². The Morgan fingerprint density at radius 1 is 0.969 bits per heavy atom. The summed E-state index contributed by atoms with van der Waals surface area (Å²) in [5, 5.41) is 4.59. The van der Waals surface area contributed by atoms with Gasteiger partial charge < -0.3 is 10.1 Å². The molecule has 160 valence electrons. The van der Waals surface area contributed by atoms with Gasteiger partial charge in [0.1, 0.15) is 11.5 Å². The molecule has 0 radical (unpaired) electrons. The average Bonchev–Trinajstić information content (AvgIpc) is 3.23. The SMILES string of the molecule is O=C(CC1c2ccccc2Oc2ccccc21)Nc1ncc(Cc2cccc(Cl)c2Cl)s1. The van der Waals surface area contributed by atoms with Crippen LogP contribution in [-0.2, 0) is 11.2 Å². The summed E-state index contributed by atoms with van der Waals surface area (Å²) in [5.74, 6) is 1.40. The van der Waals surface area contributed by atoms with Gasteiger partial charge in [-0.3, -0.25) is 4.79 Å². The molecule has 4 nitrogen and oxygen atoms in total. The van der Waals surface area contributed by atoms with E-state index >= 15 is 0 Å². The number of carbonyl (C=O) groups is 1. The minimum absolute atomic E-state index is 0.0825. The van der Waals surface area contributed by atoms with Crippen molar-refractivity contribution in [2.75, 3.05) is 5.32 Å². The number of carbonyl (C=O) groups excluding carboxylic acids is 1. The molecule has 0 aliphatic carbocycles. The summed E-state index contributed by atoms with van der Waals surface area (Å²) in [6, 6.07) is 21.3. The van der Waals surface area contributed by atoms with Crippen molar-refractivity contribution in [1.82, 2.24) is 4.98 Å². The van der Waals surface area contributed by atoms with Gasteiger partial charge in [0.25, 0.3) is 0 Å². The first-order chi connectivity index (χ1) is 15.6. The maximum Gasteiger partial charge on any atom is 0.227 e. The fourth-order valence-corrected chi connectivity index (χ4v) is 5.14. The summed E-state index contributed by atoms with van der Waals surface area (Å²) in [7, 11) is 0. The zero-order chi connectivity index (χ0) is 22.1. The van der Waals surface area contributed by atoms with Crippen LogP contribution in [0.1, 0.15) is 33.9 Å². The number of para-hydroxylation sites is 2. The minimum Gasteiger partial charge on any atom is -0.457 e.